The van der Waals surface area contributed by atoms with Gasteiger partial charge in [-0.1, -0.05) is 11.1 Å². The van der Waals surface area contributed by atoms with E-state index in [0.717, 1.165) is 5.75 Å². The Balaban J connectivity index is 2.38. The summed E-state index contributed by atoms with van der Waals surface area (Å²) in [5.74, 6) is 3.37. The number of nitrogens with one attached hydrogen (secondary N) is 1. The number of oxime groups is 1. The molecule has 18 heavy (non-hydrogen) atoms. The van der Waals surface area contributed by atoms with Crippen LogP contribution in [-0.4, -0.2) is 30.2 Å². The minimum atomic E-state index is 0.0385. The summed E-state index contributed by atoms with van der Waals surface area (Å²) >= 11 is 0. The molecule has 1 rings (SSSR count). The normalized spacial score (nSPS) is 12.8. The highest BCUT2D eigenvalue weighted by molar-refractivity contribution is 5.97. The van der Waals surface area contributed by atoms with E-state index in [1.165, 1.54) is 0 Å². The van der Waals surface area contributed by atoms with Crippen molar-refractivity contribution in [3.63, 3.8) is 0 Å². The van der Waals surface area contributed by atoms with E-state index < -0.39 is 0 Å². The Bertz CT molecular complexity index is 435. The van der Waals surface area contributed by atoms with Crippen LogP contribution < -0.4 is 15.8 Å². The zero-order chi connectivity index (χ0) is 13.4. The molecule has 0 bridgehead atoms. The van der Waals surface area contributed by atoms with Crippen LogP contribution in [0.2, 0.25) is 0 Å². The monoisotopic (exact) mass is 247 g/mol. The minimum Gasteiger partial charge on any atom is -0.492 e. The summed E-state index contributed by atoms with van der Waals surface area (Å²) in [6.45, 7) is 3.11. The lowest BCUT2D eigenvalue weighted by Crippen LogP contribution is -2.28. The Morgan fingerprint density at radius 3 is 2.78 bits per heavy atom. The van der Waals surface area contributed by atoms with Crippen molar-refractivity contribution in [1.82, 2.24) is 5.32 Å². The average Bonchev–Trinajstić information content (AvgIpc) is 2.43. The predicted octanol–water partition coefficient (Wildman–Crippen LogP) is 0.771. The molecule has 0 aliphatic carbocycles. The zero-order valence-electron chi connectivity index (χ0n) is 10.3. The number of amidine groups is 1. The maximum Gasteiger partial charge on any atom is 0.170 e. The van der Waals surface area contributed by atoms with Crippen LogP contribution in [0.25, 0.3) is 0 Å². The Morgan fingerprint density at radius 2 is 2.22 bits per heavy atom. The summed E-state index contributed by atoms with van der Waals surface area (Å²) in [5.41, 5.74) is 6.09. The molecule has 1 aromatic rings. The molecule has 0 aromatic heterocycles. The fourth-order valence-electron chi connectivity index (χ4n) is 1.28. The highest BCUT2D eigenvalue weighted by Gasteiger charge is 2.00. The van der Waals surface area contributed by atoms with Gasteiger partial charge in [0, 0.05) is 12.1 Å². The molecule has 0 saturated carbocycles. The SMILES string of the molecule is C#CC(C)NCCOc1ccc(/C(N)=N/O)cc1. The molecule has 1 aromatic carbocycles. The first-order valence-corrected chi connectivity index (χ1v) is 5.57. The van der Waals surface area contributed by atoms with E-state index in [4.69, 9.17) is 22.1 Å². The molecule has 0 aliphatic heterocycles. The van der Waals surface area contributed by atoms with Crippen LogP contribution in [0.1, 0.15) is 12.5 Å². The average molecular weight is 247 g/mol. The van der Waals surface area contributed by atoms with Gasteiger partial charge in [-0.2, -0.15) is 0 Å². The van der Waals surface area contributed by atoms with Crippen LogP contribution in [0.15, 0.2) is 29.4 Å². The summed E-state index contributed by atoms with van der Waals surface area (Å²) in [6.07, 6.45) is 5.23. The van der Waals surface area contributed by atoms with Crippen LogP contribution in [0.3, 0.4) is 0 Å². The third-order valence-corrected chi connectivity index (χ3v) is 2.33. The molecule has 4 N–H and O–H groups in total. The Labute approximate surface area is 107 Å². The van der Waals surface area contributed by atoms with Crippen molar-refractivity contribution in [3.05, 3.63) is 29.8 Å². The van der Waals surface area contributed by atoms with Gasteiger partial charge in [-0.25, -0.2) is 0 Å². The number of benzene rings is 1. The summed E-state index contributed by atoms with van der Waals surface area (Å²) in [4.78, 5) is 0. The molecular formula is C13H17N3O2. The van der Waals surface area contributed by atoms with Gasteiger partial charge in [0.15, 0.2) is 5.84 Å². The maximum absolute atomic E-state index is 8.51. The molecule has 0 radical (unpaired) electrons. The van der Waals surface area contributed by atoms with Crippen LogP contribution >= 0.6 is 0 Å². The second-order valence-electron chi connectivity index (χ2n) is 3.70. The lowest BCUT2D eigenvalue weighted by Gasteiger charge is -2.09. The van der Waals surface area contributed by atoms with Gasteiger partial charge in [0.2, 0.25) is 0 Å². The number of hydrogen-bond acceptors (Lipinski definition) is 4. The molecule has 1 unspecified atom stereocenters. The van der Waals surface area contributed by atoms with Crippen LogP contribution in [-0.2, 0) is 0 Å². The second kappa shape index (κ2) is 7.20. The first-order chi connectivity index (χ1) is 8.67. The summed E-state index contributed by atoms with van der Waals surface area (Å²) in [6, 6.07) is 7.01. The maximum atomic E-state index is 8.51. The lowest BCUT2D eigenvalue weighted by atomic mass is 10.2. The van der Waals surface area contributed by atoms with Crippen molar-refractivity contribution in [2.24, 2.45) is 10.9 Å². The highest BCUT2D eigenvalue weighted by atomic mass is 16.5. The van der Waals surface area contributed by atoms with Crippen molar-refractivity contribution >= 4 is 5.84 Å². The highest BCUT2D eigenvalue weighted by Crippen LogP contribution is 2.11. The van der Waals surface area contributed by atoms with Gasteiger partial charge in [-0.3, -0.25) is 0 Å². The molecule has 0 aliphatic rings. The molecule has 0 heterocycles. The minimum absolute atomic E-state index is 0.0385. The van der Waals surface area contributed by atoms with Gasteiger partial charge in [-0.05, 0) is 31.2 Å². The molecule has 5 heteroatoms. The fraction of sp³-hybridized carbons (Fsp3) is 0.308. The largest absolute Gasteiger partial charge is 0.492 e. The first kappa shape index (κ1) is 13.9. The van der Waals surface area contributed by atoms with Gasteiger partial charge >= 0.3 is 0 Å². The molecule has 96 valence electrons. The van der Waals surface area contributed by atoms with Gasteiger partial charge < -0.3 is 21.0 Å². The molecule has 1 atom stereocenters. The summed E-state index contributed by atoms with van der Waals surface area (Å²) < 4.78 is 5.49. The molecule has 0 amide bonds. The zero-order valence-corrected chi connectivity index (χ0v) is 10.3. The Kier molecular flexibility index (Phi) is 5.55. The topological polar surface area (TPSA) is 79.9 Å². The summed E-state index contributed by atoms with van der Waals surface area (Å²) in [5, 5.41) is 14.5. The van der Waals surface area contributed by atoms with Gasteiger partial charge in [0.1, 0.15) is 12.4 Å². The number of hydrogen-bond donors (Lipinski definition) is 3. The van der Waals surface area contributed by atoms with E-state index in [-0.39, 0.29) is 11.9 Å². The number of nitrogens with zero attached hydrogens (tertiary/aromatic N) is 1. The third-order valence-electron chi connectivity index (χ3n) is 2.33. The quantitative estimate of drug-likeness (QED) is 0.173. The first-order valence-electron chi connectivity index (χ1n) is 5.57. The fourth-order valence-corrected chi connectivity index (χ4v) is 1.28. The standard InChI is InChI=1S/C13H17N3O2/c1-3-10(2)15-8-9-18-12-6-4-11(5-7-12)13(14)16-17/h1,4-7,10,15,17H,8-9H2,2H3,(H2,14,16). The molecule has 0 spiro atoms. The van der Waals surface area contributed by atoms with E-state index in [2.05, 4.69) is 16.4 Å². The van der Waals surface area contributed by atoms with Crippen molar-refractivity contribution in [3.8, 4) is 18.1 Å². The van der Waals surface area contributed by atoms with Crippen LogP contribution in [0.5, 0.6) is 5.75 Å². The molecular weight excluding hydrogens is 230 g/mol. The van der Waals surface area contributed by atoms with Crippen molar-refractivity contribution in [1.29, 1.82) is 0 Å². The Hall–Kier alpha value is -2.19. The van der Waals surface area contributed by atoms with E-state index in [9.17, 15) is 0 Å². The van der Waals surface area contributed by atoms with Crippen molar-refractivity contribution in [2.75, 3.05) is 13.2 Å². The van der Waals surface area contributed by atoms with Crippen molar-refractivity contribution in [2.45, 2.75) is 13.0 Å². The Morgan fingerprint density at radius 1 is 1.56 bits per heavy atom. The van der Waals surface area contributed by atoms with Gasteiger partial charge in [-0.15, -0.1) is 6.42 Å². The van der Waals surface area contributed by atoms with E-state index >= 15 is 0 Å². The van der Waals surface area contributed by atoms with E-state index in [1.54, 1.807) is 24.3 Å². The van der Waals surface area contributed by atoms with Crippen LogP contribution in [0.4, 0.5) is 0 Å². The number of ether oxygens (including phenoxy) is 1. The number of nitrogens with two attached hydrogens (primary N) is 1. The number of rotatable bonds is 6. The van der Waals surface area contributed by atoms with Gasteiger partial charge in [0.25, 0.3) is 0 Å². The van der Waals surface area contributed by atoms with Crippen molar-refractivity contribution < 1.29 is 9.94 Å². The van der Waals surface area contributed by atoms with E-state index in [1.807, 2.05) is 6.92 Å². The molecule has 0 fully saturated rings. The third kappa shape index (κ3) is 4.36. The molecule has 0 saturated heterocycles. The van der Waals surface area contributed by atoms with Crippen LogP contribution in [0, 0.1) is 12.3 Å². The number of terminal acetylenes is 1. The van der Waals surface area contributed by atoms with Gasteiger partial charge in [0.05, 0.1) is 6.04 Å². The second-order valence-corrected chi connectivity index (χ2v) is 3.70. The van der Waals surface area contributed by atoms with E-state index in [0.29, 0.717) is 18.7 Å². The summed E-state index contributed by atoms with van der Waals surface area (Å²) in [7, 11) is 0. The lowest BCUT2D eigenvalue weighted by molar-refractivity contribution is 0.311. The smallest absolute Gasteiger partial charge is 0.170 e. The predicted molar refractivity (Wildman–Crippen MR) is 70.7 cm³/mol. The molecule has 5 nitrogen and oxygen atoms in total.